The molecule has 0 aliphatic carbocycles. The summed E-state index contributed by atoms with van der Waals surface area (Å²) in [6, 6.07) is 18.8. The van der Waals surface area contributed by atoms with Gasteiger partial charge in [0.25, 0.3) is 0 Å². The Labute approximate surface area is 239 Å². The van der Waals surface area contributed by atoms with Gasteiger partial charge in [-0.25, -0.2) is 0 Å². The second kappa shape index (κ2) is 19.7. The standard InChI is InChI=1S/C35H56NO3/c1-5-6-7-8-9-10-11-12-13-14-18-23-33-24-19-20-25-34(33)38-28-29-39-35(37)31(2)26-27-36(3,4)30-32-21-16-15-17-22-32/h15-17,19-22,24-25,31H,5-14,18,23,26-30H2,1-4H3/q+1. The van der Waals surface area contributed by atoms with E-state index >= 15 is 0 Å². The third kappa shape index (κ3) is 15.1. The predicted octanol–water partition coefficient (Wildman–Crippen LogP) is 8.76. The first-order valence-electron chi connectivity index (χ1n) is 15.6. The van der Waals surface area contributed by atoms with Crippen molar-refractivity contribution in [2.24, 2.45) is 5.92 Å². The molecule has 0 aliphatic rings. The minimum Gasteiger partial charge on any atom is -0.490 e. The SMILES string of the molecule is CCCCCCCCCCCCCc1ccccc1OCCOC(=O)C(C)CC[N+](C)(C)Cc1ccccc1. The first kappa shape index (κ1) is 32.9. The van der Waals surface area contributed by atoms with Gasteiger partial charge in [0.2, 0.25) is 0 Å². The van der Waals surface area contributed by atoms with E-state index in [1.807, 2.05) is 25.1 Å². The average molecular weight is 539 g/mol. The van der Waals surface area contributed by atoms with E-state index in [0.717, 1.165) is 36.2 Å². The Bertz CT molecular complexity index is 896. The van der Waals surface area contributed by atoms with Crippen LogP contribution in [-0.2, 0) is 22.5 Å². The quantitative estimate of drug-likeness (QED) is 0.0854. The molecule has 4 heteroatoms. The van der Waals surface area contributed by atoms with Crippen molar-refractivity contribution in [3.8, 4) is 5.75 Å². The second-order valence-corrected chi connectivity index (χ2v) is 11.9. The molecule has 0 bridgehead atoms. The molecule has 0 heterocycles. The maximum atomic E-state index is 12.5. The van der Waals surface area contributed by atoms with E-state index in [9.17, 15) is 4.79 Å². The van der Waals surface area contributed by atoms with E-state index in [1.165, 1.54) is 81.8 Å². The summed E-state index contributed by atoms with van der Waals surface area (Å²) in [6.07, 6.45) is 16.7. The normalized spacial score (nSPS) is 12.3. The first-order valence-corrected chi connectivity index (χ1v) is 15.6. The molecule has 0 radical (unpaired) electrons. The fourth-order valence-electron chi connectivity index (χ4n) is 5.08. The van der Waals surface area contributed by atoms with Crippen molar-refractivity contribution >= 4 is 5.97 Å². The Kier molecular flexibility index (Phi) is 16.6. The number of para-hydroxylation sites is 1. The van der Waals surface area contributed by atoms with Crippen LogP contribution in [0.5, 0.6) is 5.75 Å². The Morgan fingerprint density at radius 3 is 2.03 bits per heavy atom. The van der Waals surface area contributed by atoms with Crippen LogP contribution in [0.15, 0.2) is 54.6 Å². The number of hydrogen-bond donors (Lipinski definition) is 0. The van der Waals surface area contributed by atoms with Crippen LogP contribution >= 0.6 is 0 Å². The van der Waals surface area contributed by atoms with Gasteiger partial charge in [0.05, 0.1) is 26.6 Å². The Balaban J connectivity index is 1.58. The summed E-state index contributed by atoms with van der Waals surface area (Å²) in [6.45, 7) is 6.80. The number of hydrogen-bond acceptors (Lipinski definition) is 3. The fourth-order valence-corrected chi connectivity index (χ4v) is 5.08. The molecular weight excluding hydrogens is 482 g/mol. The molecule has 1 atom stereocenters. The van der Waals surface area contributed by atoms with Crippen LogP contribution in [0.1, 0.15) is 102 Å². The summed E-state index contributed by atoms with van der Waals surface area (Å²) in [5.74, 6) is 0.674. The molecule has 0 saturated carbocycles. The zero-order chi connectivity index (χ0) is 28.2. The van der Waals surface area contributed by atoms with Gasteiger partial charge in [-0.1, -0.05) is 127 Å². The monoisotopic (exact) mass is 538 g/mol. The molecule has 0 aliphatic heterocycles. The van der Waals surface area contributed by atoms with E-state index in [1.54, 1.807) is 0 Å². The third-order valence-corrected chi connectivity index (χ3v) is 7.63. The van der Waals surface area contributed by atoms with Gasteiger partial charge in [0.15, 0.2) is 0 Å². The van der Waals surface area contributed by atoms with Crippen LogP contribution in [0.25, 0.3) is 0 Å². The minimum atomic E-state index is -0.132. The van der Waals surface area contributed by atoms with Crippen molar-refractivity contribution in [3.05, 3.63) is 65.7 Å². The summed E-state index contributed by atoms with van der Waals surface area (Å²) in [5, 5.41) is 0. The highest BCUT2D eigenvalue weighted by Gasteiger charge is 2.21. The summed E-state index contributed by atoms with van der Waals surface area (Å²) in [4.78, 5) is 12.5. The molecule has 0 amide bonds. The van der Waals surface area contributed by atoms with Gasteiger partial charge < -0.3 is 14.0 Å². The largest absolute Gasteiger partial charge is 0.490 e. The van der Waals surface area contributed by atoms with Gasteiger partial charge in [-0.2, -0.15) is 0 Å². The number of esters is 1. The van der Waals surface area contributed by atoms with Gasteiger partial charge in [0, 0.05) is 12.0 Å². The van der Waals surface area contributed by atoms with Gasteiger partial charge in [-0.3, -0.25) is 4.79 Å². The van der Waals surface area contributed by atoms with Gasteiger partial charge in [0.1, 0.15) is 25.5 Å². The Hall–Kier alpha value is -2.33. The van der Waals surface area contributed by atoms with Crippen molar-refractivity contribution in [1.82, 2.24) is 0 Å². The average Bonchev–Trinajstić information content (AvgIpc) is 2.93. The van der Waals surface area contributed by atoms with Crippen LogP contribution in [0.3, 0.4) is 0 Å². The number of unbranched alkanes of at least 4 members (excludes halogenated alkanes) is 10. The van der Waals surface area contributed by atoms with E-state index in [2.05, 4.69) is 57.4 Å². The molecule has 0 saturated heterocycles. The zero-order valence-corrected chi connectivity index (χ0v) is 25.5. The third-order valence-electron chi connectivity index (χ3n) is 7.63. The minimum absolute atomic E-state index is 0.119. The lowest BCUT2D eigenvalue weighted by Gasteiger charge is -2.30. The zero-order valence-electron chi connectivity index (χ0n) is 25.5. The number of benzene rings is 2. The lowest BCUT2D eigenvalue weighted by Crippen LogP contribution is -2.40. The number of carbonyl (C=O) groups excluding carboxylic acids is 1. The molecular formula is C35H56NO3+. The maximum absolute atomic E-state index is 12.5. The number of ether oxygens (including phenoxy) is 2. The van der Waals surface area contributed by atoms with Crippen molar-refractivity contribution in [1.29, 1.82) is 0 Å². The van der Waals surface area contributed by atoms with Crippen LogP contribution < -0.4 is 4.74 Å². The highest BCUT2D eigenvalue weighted by atomic mass is 16.6. The van der Waals surface area contributed by atoms with E-state index in [4.69, 9.17) is 9.47 Å². The Morgan fingerprint density at radius 1 is 0.769 bits per heavy atom. The van der Waals surface area contributed by atoms with Crippen LogP contribution in [0.4, 0.5) is 0 Å². The topological polar surface area (TPSA) is 35.5 Å². The lowest BCUT2D eigenvalue weighted by atomic mass is 10.0. The smallest absolute Gasteiger partial charge is 0.308 e. The molecule has 0 N–H and O–H groups in total. The van der Waals surface area contributed by atoms with Crippen LogP contribution in [0.2, 0.25) is 0 Å². The van der Waals surface area contributed by atoms with E-state index in [0.29, 0.717) is 6.61 Å². The fraction of sp³-hybridized carbons (Fsp3) is 0.629. The Morgan fingerprint density at radius 2 is 1.36 bits per heavy atom. The molecule has 0 spiro atoms. The van der Waals surface area contributed by atoms with E-state index in [-0.39, 0.29) is 18.5 Å². The molecule has 0 fully saturated rings. The van der Waals surface area contributed by atoms with Crippen molar-refractivity contribution in [2.75, 3.05) is 33.9 Å². The first-order chi connectivity index (χ1) is 18.9. The maximum Gasteiger partial charge on any atom is 0.308 e. The van der Waals surface area contributed by atoms with Crippen LogP contribution in [0, 0.1) is 5.92 Å². The number of carbonyl (C=O) groups is 1. The number of rotatable bonds is 22. The summed E-state index contributed by atoms with van der Waals surface area (Å²) >= 11 is 0. The number of aryl methyl sites for hydroxylation is 1. The van der Waals surface area contributed by atoms with Crippen molar-refractivity contribution < 1.29 is 18.8 Å². The lowest BCUT2D eigenvalue weighted by molar-refractivity contribution is -0.904. The van der Waals surface area contributed by atoms with E-state index < -0.39 is 0 Å². The molecule has 4 nitrogen and oxygen atoms in total. The van der Waals surface area contributed by atoms with Crippen molar-refractivity contribution in [2.45, 2.75) is 104 Å². The van der Waals surface area contributed by atoms with Gasteiger partial charge in [-0.05, 0) is 24.5 Å². The van der Waals surface area contributed by atoms with Gasteiger partial charge in [-0.15, -0.1) is 0 Å². The molecule has 2 aromatic carbocycles. The summed E-state index contributed by atoms with van der Waals surface area (Å²) in [7, 11) is 4.43. The summed E-state index contributed by atoms with van der Waals surface area (Å²) in [5.41, 5.74) is 2.57. The van der Waals surface area contributed by atoms with Crippen LogP contribution in [-0.4, -0.2) is 44.3 Å². The molecule has 2 aromatic rings. The molecule has 39 heavy (non-hydrogen) atoms. The molecule has 218 valence electrons. The highest BCUT2D eigenvalue weighted by Crippen LogP contribution is 2.21. The number of quaternary nitrogens is 1. The second-order valence-electron chi connectivity index (χ2n) is 11.9. The molecule has 2 rings (SSSR count). The molecule has 1 unspecified atom stereocenters. The molecule has 0 aromatic heterocycles. The van der Waals surface area contributed by atoms with Crippen molar-refractivity contribution in [3.63, 3.8) is 0 Å². The van der Waals surface area contributed by atoms with Gasteiger partial charge >= 0.3 is 5.97 Å². The highest BCUT2D eigenvalue weighted by molar-refractivity contribution is 5.71. The predicted molar refractivity (Wildman–Crippen MR) is 164 cm³/mol. The number of nitrogens with zero attached hydrogens (tertiary/aromatic N) is 1. The summed E-state index contributed by atoms with van der Waals surface area (Å²) < 4.78 is 12.4.